The lowest BCUT2D eigenvalue weighted by Gasteiger charge is -2.03. The summed E-state index contributed by atoms with van der Waals surface area (Å²) in [5.74, 6) is 0.798. The SMILES string of the molecule is Cn1nc(Cl)c(Cl)c1SCc1ccc(Cl)cc1. The first kappa shape index (κ1) is 13.1. The molecule has 2 nitrogen and oxygen atoms in total. The van der Waals surface area contributed by atoms with Crippen molar-refractivity contribution >= 4 is 46.6 Å². The zero-order valence-electron chi connectivity index (χ0n) is 8.95. The minimum atomic E-state index is 0.341. The number of hydrogen-bond acceptors (Lipinski definition) is 2. The van der Waals surface area contributed by atoms with E-state index in [4.69, 9.17) is 34.8 Å². The molecule has 17 heavy (non-hydrogen) atoms. The van der Waals surface area contributed by atoms with E-state index in [1.807, 2.05) is 31.3 Å². The maximum absolute atomic E-state index is 6.05. The van der Waals surface area contributed by atoms with Gasteiger partial charge in [-0.2, -0.15) is 5.10 Å². The number of benzene rings is 1. The Morgan fingerprint density at radius 1 is 1.18 bits per heavy atom. The molecule has 0 saturated heterocycles. The number of nitrogens with zero attached hydrogens (tertiary/aromatic N) is 2. The van der Waals surface area contributed by atoms with Crippen LogP contribution in [0, 0.1) is 0 Å². The van der Waals surface area contributed by atoms with Gasteiger partial charge in [0.1, 0.15) is 10.0 Å². The van der Waals surface area contributed by atoms with Crippen molar-refractivity contribution in [2.45, 2.75) is 10.8 Å². The monoisotopic (exact) mass is 306 g/mol. The molecular formula is C11H9Cl3N2S. The van der Waals surface area contributed by atoms with Gasteiger partial charge < -0.3 is 0 Å². The molecule has 1 aromatic heterocycles. The second kappa shape index (κ2) is 5.53. The summed E-state index contributed by atoms with van der Waals surface area (Å²) in [4.78, 5) is 0. The molecule has 0 aliphatic heterocycles. The molecule has 0 fully saturated rings. The molecule has 0 aliphatic rings. The Balaban J connectivity index is 2.09. The van der Waals surface area contributed by atoms with Gasteiger partial charge in [0.25, 0.3) is 0 Å². The van der Waals surface area contributed by atoms with Gasteiger partial charge in [0, 0.05) is 17.8 Å². The fraction of sp³-hybridized carbons (Fsp3) is 0.182. The quantitative estimate of drug-likeness (QED) is 0.767. The zero-order valence-corrected chi connectivity index (χ0v) is 12.0. The highest BCUT2D eigenvalue weighted by Crippen LogP contribution is 2.34. The minimum Gasteiger partial charge on any atom is -0.259 e. The second-order valence-corrected chi connectivity index (χ2v) is 5.59. The number of thioether (sulfide) groups is 1. The average molecular weight is 308 g/mol. The number of rotatable bonds is 3. The van der Waals surface area contributed by atoms with Gasteiger partial charge in [0.2, 0.25) is 0 Å². The largest absolute Gasteiger partial charge is 0.259 e. The highest BCUT2D eigenvalue weighted by Gasteiger charge is 2.12. The van der Waals surface area contributed by atoms with Crippen LogP contribution in [0.4, 0.5) is 0 Å². The molecule has 0 unspecified atom stereocenters. The third kappa shape index (κ3) is 3.10. The van der Waals surface area contributed by atoms with Gasteiger partial charge in [-0.1, -0.05) is 46.9 Å². The average Bonchev–Trinajstić information content (AvgIpc) is 2.54. The normalized spacial score (nSPS) is 10.8. The Labute approximate surface area is 119 Å². The molecule has 0 radical (unpaired) electrons. The highest BCUT2D eigenvalue weighted by molar-refractivity contribution is 7.98. The standard InChI is InChI=1S/C11H9Cl3N2S/c1-16-11(9(13)10(14)15-16)17-6-7-2-4-8(12)5-3-7/h2-5H,6H2,1H3. The Kier molecular flexibility index (Phi) is 4.26. The minimum absolute atomic E-state index is 0.341. The van der Waals surface area contributed by atoms with Gasteiger partial charge in [-0.25, -0.2) is 0 Å². The predicted molar refractivity (Wildman–Crippen MR) is 74.2 cm³/mol. The fourth-order valence-electron chi connectivity index (χ4n) is 1.34. The number of aryl methyl sites for hydroxylation is 1. The summed E-state index contributed by atoms with van der Waals surface area (Å²) in [6.45, 7) is 0. The third-order valence-corrected chi connectivity index (χ3v) is 4.49. The Hall–Kier alpha value is -0.350. The van der Waals surface area contributed by atoms with Crippen LogP contribution in [0.3, 0.4) is 0 Å². The van der Waals surface area contributed by atoms with Crippen LogP contribution in [0.2, 0.25) is 15.2 Å². The molecule has 90 valence electrons. The molecule has 0 spiro atoms. The van der Waals surface area contributed by atoms with Crippen LogP contribution in [0.1, 0.15) is 5.56 Å². The molecule has 0 bridgehead atoms. The predicted octanol–water partition coefficient (Wildman–Crippen LogP) is 4.67. The number of aromatic nitrogens is 2. The summed E-state index contributed by atoms with van der Waals surface area (Å²) in [5.41, 5.74) is 1.17. The molecule has 2 rings (SSSR count). The first-order valence-electron chi connectivity index (χ1n) is 4.83. The van der Waals surface area contributed by atoms with E-state index in [0.717, 1.165) is 15.8 Å². The van der Waals surface area contributed by atoms with E-state index >= 15 is 0 Å². The summed E-state index contributed by atoms with van der Waals surface area (Å²) < 4.78 is 1.69. The van der Waals surface area contributed by atoms with Gasteiger partial charge in [0.05, 0.1) is 0 Å². The van der Waals surface area contributed by atoms with Gasteiger partial charge in [-0.3, -0.25) is 4.68 Å². The van der Waals surface area contributed by atoms with Gasteiger partial charge in [-0.05, 0) is 17.7 Å². The summed E-state index contributed by atoms with van der Waals surface area (Å²) in [6, 6.07) is 7.72. The van der Waals surface area contributed by atoms with Crippen molar-refractivity contribution in [3.63, 3.8) is 0 Å². The van der Waals surface area contributed by atoms with Crippen molar-refractivity contribution in [2.24, 2.45) is 7.05 Å². The molecule has 0 N–H and O–H groups in total. The van der Waals surface area contributed by atoms with Crippen LogP contribution in [0.25, 0.3) is 0 Å². The van der Waals surface area contributed by atoms with Crippen LogP contribution < -0.4 is 0 Å². The smallest absolute Gasteiger partial charge is 0.170 e. The van der Waals surface area contributed by atoms with Crippen LogP contribution >= 0.6 is 46.6 Å². The van der Waals surface area contributed by atoms with Crippen molar-refractivity contribution in [2.75, 3.05) is 0 Å². The van der Waals surface area contributed by atoms with Gasteiger partial charge in [0.15, 0.2) is 5.15 Å². The summed E-state index contributed by atoms with van der Waals surface area (Å²) >= 11 is 19.3. The number of hydrogen-bond donors (Lipinski definition) is 0. The second-order valence-electron chi connectivity index (χ2n) is 3.45. The molecular weight excluding hydrogens is 299 g/mol. The lowest BCUT2D eigenvalue weighted by molar-refractivity contribution is 0.699. The van der Waals surface area contributed by atoms with Crippen molar-refractivity contribution in [3.8, 4) is 0 Å². The summed E-state index contributed by atoms with van der Waals surface area (Å²) in [6.07, 6.45) is 0. The molecule has 0 aliphatic carbocycles. The Morgan fingerprint density at radius 3 is 2.35 bits per heavy atom. The summed E-state index contributed by atoms with van der Waals surface area (Å²) in [5, 5.41) is 6.50. The first-order valence-corrected chi connectivity index (χ1v) is 6.95. The Bertz CT molecular complexity index is 522. The van der Waals surface area contributed by atoms with Crippen molar-refractivity contribution in [1.82, 2.24) is 9.78 Å². The van der Waals surface area contributed by atoms with Crippen molar-refractivity contribution in [3.05, 3.63) is 45.0 Å². The van der Waals surface area contributed by atoms with Crippen LogP contribution in [0.5, 0.6) is 0 Å². The highest BCUT2D eigenvalue weighted by atomic mass is 35.5. The van der Waals surface area contributed by atoms with E-state index in [9.17, 15) is 0 Å². The summed E-state index contributed by atoms with van der Waals surface area (Å²) in [7, 11) is 1.82. The van der Waals surface area contributed by atoms with Gasteiger partial charge in [-0.15, -0.1) is 11.8 Å². The van der Waals surface area contributed by atoms with E-state index in [1.54, 1.807) is 16.4 Å². The lowest BCUT2D eigenvalue weighted by atomic mass is 10.2. The van der Waals surface area contributed by atoms with Crippen LogP contribution in [-0.2, 0) is 12.8 Å². The molecule has 6 heteroatoms. The van der Waals surface area contributed by atoms with Crippen LogP contribution in [0.15, 0.2) is 29.3 Å². The maximum atomic E-state index is 6.05. The number of halogens is 3. The molecule has 0 atom stereocenters. The zero-order chi connectivity index (χ0) is 12.4. The van der Waals surface area contributed by atoms with E-state index in [2.05, 4.69) is 5.10 Å². The lowest BCUT2D eigenvalue weighted by Crippen LogP contribution is -1.92. The Morgan fingerprint density at radius 2 is 1.82 bits per heavy atom. The fourth-order valence-corrected chi connectivity index (χ4v) is 3.00. The van der Waals surface area contributed by atoms with Gasteiger partial charge >= 0.3 is 0 Å². The van der Waals surface area contributed by atoms with Crippen LogP contribution in [-0.4, -0.2) is 9.78 Å². The molecule has 2 aromatic rings. The topological polar surface area (TPSA) is 17.8 Å². The van der Waals surface area contributed by atoms with Crippen molar-refractivity contribution in [1.29, 1.82) is 0 Å². The first-order chi connectivity index (χ1) is 8.08. The van der Waals surface area contributed by atoms with E-state index in [-0.39, 0.29) is 0 Å². The van der Waals surface area contributed by atoms with Crippen molar-refractivity contribution < 1.29 is 0 Å². The third-order valence-electron chi connectivity index (χ3n) is 2.19. The van der Waals surface area contributed by atoms with E-state index < -0.39 is 0 Å². The molecule has 0 amide bonds. The molecule has 1 heterocycles. The molecule has 1 aromatic carbocycles. The van der Waals surface area contributed by atoms with E-state index in [1.165, 1.54) is 5.56 Å². The maximum Gasteiger partial charge on any atom is 0.170 e. The van der Waals surface area contributed by atoms with E-state index in [0.29, 0.717) is 10.2 Å². The molecule has 0 saturated carbocycles.